The van der Waals surface area contributed by atoms with Crippen LogP contribution in [-0.2, 0) is 16.0 Å². The van der Waals surface area contributed by atoms with Crippen molar-refractivity contribution in [2.45, 2.75) is 52.7 Å². The van der Waals surface area contributed by atoms with Crippen molar-refractivity contribution in [2.24, 2.45) is 0 Å². The number of ether oxygens (including phenoxy) is 3. The zero-order chi connectivity index (χ0) is 29.5. The molecule has 6 rings (SSSR count). The number of thiazole rings is 1. The van der Waals surface area contributed by atoms with E-state index >= 15 is 0 Å². The monoisotopic (exact) mass is 584 g/mol. The Morgan fingerprint density at radius 1 is 1.07 bits per heavy atom. The number of fused-ring (bicyclic) bond motifs is 2. The highest BCUT2D eigenvalue weighted by Crippen LogP contribution is 2.46. The van der Waals surface area contributed by atoms with Crippen LogP contribution in [0.5, 0.6) is 17.2 Å². The van der Waals surface area contributed by atoms with Crippen LogP contribution in [-0.4, -0.2) is 41.1 Å². The molecule has 1 aromatic heterocycles. The van der Waals surface area contributed by atoms with Crippen LogP contribution >= 0.6 is 11.3 Å². The van der Waals surface area contributed by atoms with Crippen molar-refractivity contribution in [3.63, 3.8) is 0 Å². The number of aliphatic hydroxyl groups excluding tert-OH is 1. The highest BCUT2D eigenvalue weighted by molar-refractivity contribution is 7.22. The molecule has 3 heterocycles. The summed E-state index contributed by atoms with van der Waals surface area (Å²) in [6.07, 6.45) is 1.54. The molecule has 2 aliphatic heterocycles. The molecule has 2 aliphatic rings. The van der Waals surface area contributed by atoms with Crippen molar-refractivity contribution in [1.29, 1.82) is 0 Å². The van der Waals surface area contributed by atoms with E-state index in [1.54, 1.807) is 30.3 Å². The van der Waals surface area contributed by atoms with Gasteiger partial charge in [-0.25, -0.2) is 4.98 Å². The van der Waals surface area contributed by atoms with Crippen LogP contribution in [0.1, 0.15) is 55.5 Å². The number of rotatable bonds is 8. The van der Waals surface area contributed by atoms with E-state index in [9.17, 15) is 14.7 Å². The minimum absolute atomic E-state index is 0.00738. The number of hydrogen-bond acceptors (Lipinski definition) is 8. The first kappa shape index (κ1) is 27.8. The van der Waals surface area contributed by atoms with Gasteiger partial charge in [0, 0.05) is 12.0 Å². The van der Waals surface area contributed by atoms with Gasteiger partial charge in [-0.05, 0) is 86.3 Å². The van der Waals surface area contributed by atoms with E-state index < -0.39 is 17.7 Å². The average molecular weight is 585 g/mol. The molecular weight excluding hydrogens is 552 g/mol. The maximum atomic E-state index is 13.8. The number of aliphatic hydroxyl groups is 1. The summed E-state index contributed by atoms with van der Waals surface area (Å²) in [5, 5.41) is 12.1. The van der Waals surface area contributed by atoms with Crippen molar-refractivity contribution in [3.8, 4) is 17.2 Å². The summed E-state index contributed by atoms with van der Waals surface area (Å²) >= 11 is 1.33. The second kappa shape index (κ2) is 11.1. The van der Waals surface area contributed by atoms with Gasteiger partial charge in [-0.1, -0.05) is 30.4 Å². The largest absolute Gasteiger partial charge is 0.507 e. The fourth-order valence-electron chi connectivity index (χ4n) is 5.49. The second-order valence-electron chi connectivity index (χ2n) is 10.6. The molecule has 1 saturated heterocycles. The van der Waals surface area contributed by atoms with Crippen molar-refractivity contribution < 1.29 is 28.9 Å². The van der Waals surface area contributed by atoms with Crippen LogP contribution < -0.4 is 19.1 Å². The first-order valence-electron chi connectivity index (χ1n) is 14.2. The Morgan fingerprint density at radius 3 is 2.69 bits per heavy atom. The third-order valence-corrected chi connectivity index (χ3v) is 8.42. The van der Waals surface area contributed by atoms with Gasteiger partial charge in [0.25, 0.3) is 5.78 Å². The molecule has 3 aromatic carbocycles. The molecule has 0 radical (unpaired) electrons. The second-order valence-corrected chi connectivity index (χ2v) is 11.6. The van der Waals surface area contributed by atoms with Gasteiger partial charge in [0.2, 0.25) is 0 Å². The van der Waals surface area contributed by atoms with Gasteiger partial charge in [-0.2, -0.15) is 0 Å². The zero-order valence-corrected chi connectivity index (χ0v) is 24.8. The summed E-state index contributed by atoms with van der Waals surface area (Å²) in [6, 6.07) is 15.6. The number of carbonyl (C=O) groups excluding carboxylic acids is 2. The van der Waals surface area contributed by atoms with E-state index in [2.05, 4.69) is 0 Å². The van der Waals surface area contributed by atoms with Crippen LogP contribution in [0.15, 0.2) is 60.2 Å². The van der Waals surface area contributed by atoms with Crippen molar-refractivity contribution in [1.82, 2.24) is 4.98 Å². The third kappa shape index (κ3) is 4.87. The number of benzene rings is 3. The molecule has 0 aliphatic carbocycles. The highest BCUT2D eigenvalue weighted by Gasteiger charge is 2.48. The lowest BCUT2D eigenvalue weighted by Crippen LogP contribution is -2.29. The first-order chi connectivity index (χ1) is 20.3. The van der Waals surface area contributed by atoms with Gasteiger partial charge >= 0.3 is 5.91 Å². The molecule has 1 amide bonds. The quantitative estimate of drug-likeness (QED) is 0.139. The van der Waals surface area contributed by atoms with E-state index in [1.165, 1.54) is 16.2 Å². The maximum Gasteiger partial charge on any atom is 0.301 e. The number of aryl methyl sites for hydroxylation is 1. The maximum absolute atomic E-state index is 13.8. The lowest BCUT2D eigenvalue weighted by Gasteiger charge is -2.24. The Kier molecular flexibility index (Phi) is 7.36. The number of hydrogen-bond donors (Lipinski definition) is 1. The lowest BCUT2D eigenvalue weighted by atomic mass is 9.94. The smallest absolute Gasteiger partial charge is 0.301 e. The molecule has 2 atom stereocenters. The van der Waals surface area contributed by atoms with Crippen LogP contribution in [0.2, 0.25) is 0 Å². The van der Waals surface area contributed by atoms with Crippen LogP contribution in [0.25, 0.3) is 16.0 Å². The van der Waals surface area contributed by atoms with Crippen molar-refractivity contribution in [2.75, 3.05) is 18.1 Å². The minimum Gasteiger partial charge on any atom is -0.507 e. The van der Waals surface area contributed by atoms with Gasteiger partial charge in [0.15, 0.2) is 16.6 Å². The van der Waals surface area contributed by atoms with E-state index in [1.807, 2.05) is 52.0 Å². The summed E-state index contributed by atoms with van der Waals surface area (Å²) in [4.78, 5) is 33.6. The molecule has 8 nitrogen and oxygen atoms in total. The Bertz CT molecular complexity index is 1740. The molecule has 42 heavy (non-hydrogen) atoms. The molecule has 9 heteroatoms. The highest BCUT2D eigenvalue weighted by atomic mass is 32.1. The Balaban J connectivity index is 1.53. The van der Waals surface area contributed by atoms with Gasteiger partial charge in [0.05, 0.1) is 35.0 Å². The number of aromatic nitrogens is 1. The van der Waals surface area contributed by atoms with Gasteiger partial charge < -0.3 is 19.3 Å². The number of anilines is 1. The topological polar surface area (TPSA) is 98.2 Å². The number of carbonyl (C=O) groups is 2. The fraction of sp³-hybridized carbons (Fsp3) is 0.303. The average Bonchev–Trinajstić information content (AvgIpc) is 3.63. The normalized spacial score (nSPS) is 19.3. The van der Waals surface area contributed by atoms with Crippen LogP contribution in [0.4, 0.5) is 5.13 Å². The fourth-order valence-corrected chi connectivity index (χ4v) is 6.58. The molecule has 1 N–H and O–H groups in total. The van der Waals surface area contributed by atoms with Crippen LogP contribution in [0.3, 0.4) is 0 Å². The summed E-state index contributed by atoms with van der Waals surface area (Å²) in [5.74, 6) is 0.0524. The number of amides is 1. The molecule has 1 fully saturated rings. The Labute approximate surface area is 248 Å². The third-order valence-electron chi connectivity index (χ3n) is 7.40. The minimum atomic E-state index is -0.936. The zero-order valence-electron chi connectivity index (χ0n) is 24.0. The molecule has 4 aromatic rings. The molecule has 0 saturated carbocycles. The number of ketones is 1. The standard InChI is InChI=1S/C33H32N2O6S/c1-5-13-40-25-12-8-20(17-26(25)39-6-2)29-28(30(36)21-9-11-24-22(16-21)15-19(4)41-24)31(37)32(38)35(29)33-34-23-10-7-18(3)14-27(23)42-33/h7-12,14,16-17,19,29,36H,5-6,13,15H2,1-4H3/b30-28+/t19-,29-/m0/s1. The van der Waals surface area contributed by atoms with Gasteiger partial charge in [-0.15, -0.1) is 0 Å². The van der Waals surface area contributed by atoms with E-state index in [0.29, 0.717) is 47.4 Å². The van der Waals surface area contributed by atoms with Crippen molar-refractivity contribution >= 4 is 44.1 Å². The molecule has 0 bridgehead atoms. The summed E-state index contributed by atoms with van der Waals surface area (Å²) < 4.78 is 18.5. The van der Waals surface area contributed by atoms with E-state index in [-0.39, 0.29) is 17.4 Å². The summed E-state index contributed by atoms with van der Waals surface area (Å²) in [5.41, 5.74) is 3.77. The summed E-state index contributed by atoms with van der Waals surface area (Å²) in [6.45, 7) is 8.79. The Morgan fingerprint density at radius 2 is 1.90 bits per heavy atom. The predicted molar refractivity (Wildman–Crippen MR) is 163 cm³/mol. The molecule has 216 valence electrons. The van der Waals surface area contributed by atoms with Crippen LogP contribution in [0, 0.1) is 6.92 Å². The van der Waals surface area contributed by atoms with Gasteiger partial charge in [0.1, 0.15) is 17.6 Å². The SMILES string of the molecule is CCCOc1ccc([C@H]2/C(=C(\O)c3ccc4c(c3)C[C@H](C)O4)C(=O)C(=O)N2c2nc3ccc(C)cc3s2)cc1OCC. The van der Waals surface area contributed by atoms with Crippen molar-refractivity contribution in [3.05, 3.63) is 82.4 Å². The number of Topliss-reactive ketones (excluding diaryl/α,β-unsaturated/α-hetero) is 1. The van der Waals surface area contributed by atoms with Gasteiger partial charge in [-0.3, -0.25) is 14.5 Å². The van der Waals surface area contributed by atoms with E-state index in [4.69, 9.17) is 19.2 Å². The first-order valence-corrected chi connectivity index (χ1v) is 15.0. The molecule has 0 spiro atoms. The summed E-state index contributed by atoms with van der Waals surface area (Å²) in [7, 11) is 0. The van der Waals surface area contributed by atoms with E-state index in [0.717, 1.165) is 33.5 Å². The molecular formula is C33H32N2O6S. The lowest BCUT2D eigenvalue weighted by molar-refractivity contribution is -0.132. The molecule has 0 unspecified atom stereocenters. The number of nitrogens with zero attached hydrogens (tertiary/aromatic N) is 2. The predicted octanol–water partition coefficient (Wildman–Crippen LogP) is 6.74. The Hall–Kier alpha value is -4.37.